The number of benzene rings is 2. The van der Waals surface area contributed by atoms with E-state index in [1.54, 1.807) is 31.2 Å². The third kappa shape index (κ3) is 3.49. The van der Waals surface area contributed by atoms with Crippen molar-refractivity contribution in [1.82, 2.24) is 4.57 Å². The zero-order valence-electron chi connectivity index (χ0n) is 15.7. The van der Waals surface area contributed by atoms with Crippen molar-refractivity contribution in [3.63, 3.8) is 0 Å². The van der Waals surface area contributed by atoms with E-state index in [9.17, 15) is 19.1 Å². The standard InChI is InChI=1S/C22H19ClFNO4/c1-12-16(11-19(27)29-15-3-2-4-15)20-17(9-10-18(26)21(20)24)25(12)22(28)13-5-7-14(23)8-6-13/h5-10,15,26H,2-4,11H2,1H3. The molecule has 1 saturated carbocycles. The number of esters is 1. The van der Waals surface area contributed by atoms with Gasteiger partial charge in [0.25, 0.3) is 5.91 Å². The first-order valence-corrected chi connectivity index (χ1v) is 9.75. The van der Waals surface area contributed by atoms with Gasteiger partial charge in [-0.05, 0) is 68.1 Å². The summed E-state index contributed by atoms with van der Waals surface area (Å²) in [6, 6.07) is 9.02. The van der Waals surface area contributed by atoms with Crippen LogP contribution >= 0.6 is 11.6 Å². The van der Waals surface area contributed by atoms with Gasteiger partial charge in [-0.25, -0.2) is 4.39 Å². The summed E-state index contributed by atoms with van der Waals surface area (Å²) in [6.45, 7) is 1.65. The van der Waals surface area contributed by atoms with Crippen LogP contribution in [0.15, 0.2) is 36.4 Å². The molecule has 0 radical (unpaired) electrons. The number of fused-ring (bicyclic) bond motifs is 1. The zero-order valence-corrected chi connectivity index (χ0v) is 16.5. The van der Waals surface area contributed by atoms with Gasteiger partial charge in [0, 0.05) is 21.7 Å². The van der Waals surface area contributed by atoms with Gasteiger partial charge in [-0.15, -0.1) is 0 Å². The lowest BCUT2D eigenvalue weighted by Gasteiger charge is -2.25. The number of ether oxygens (including phenoxy) is 1. The van der Waals surface area contributed by atoms with Crippen LogP contribution < -0.4 is 0 Å². The highest BCUT2D eigenvalue weighted by Crippen LogP contribution is 2.34. The number of carbonyl (C=O) groups excluding carboxylic acids is 2. The summed E-state index contributed by atoms with van der Waals surface area (Å²) < 4.78 is 21.6. The first kappa shape index (κ1) is 19.5. The average molecular weight is 416 g/mol. The fourth-order valence-corrected chi connectivity index (χ4v) is 3.71. The van der Waals surface area contributed by atoms with Crippen molar-refractivity contribution in [3.8, 4) is 5.75 Å². The quantitative estimate of drug-likeness (QED) is 0.623. The number of aromatic hydroxyl groups is 1. The van der Waals surface area contributed by atoms with Crippen LogP contribution in [0.1, 0.15) is 40.9 Å². The van der Waals surface area contributed by atoms with E-state index in [0.717, 1.165) is 19.3 Å². The van der Waals surface area contributed by atoms with Crippen LogP contribution in [0.3, 0.4) is 0 Å². The molecule has 0 bridgehead atoms. The van der Waals surface area contributed by atoms with Crippen molar-refractivity contribution in [2.45, 2.75) is 38.7 Å². The molecule has 2 aromatic carbocycles. The maximum absolute atomic E-state index is 14.8. The molecule has 29 heavy (non-hydrogen) atoms. The van der Waals surface area contributed by atoms with Gasteiger partial charge in [-0.1, -0.05) is 11.6 Å². The number of carbonyl (C=O) groups is 2. The second-order valence-corrected chi connectivity index (χ2v) is 7.66. The molecule has 0 amide bonds. The van der Waals surface area contributed by atoms with E-state index < -0.39 is 17.5 Å². The maximum Gasteiger partial charge on any atom is 0.310 e. The van der Waals surface area contributed by atoms with Gasteiger partial charge in [-0.3, -0.25) is 14.2 Å². The predicted molar refractivity (Wildman–Crippen MR) is 107 cm³/mol. The number of nitrogens with zero attached hydrogens (tertiary/aromatic N) is 1. The topological polar surface area (TPSA) is 68.5 Å². The Labute approximate surface area is 171 Å². The third-order valence-electron chi connectivity index (χ3n) is 5.38. The van der Waals surface area contributed by atoms with Crippen LogP contribution in [-0.2, 0) is 16.0 Å². The van der Waals surface area contributed by atoms with Gasteiger partial charge < -0.3 is 9.84 Å². The Balaban J connectivity index is 1.81. The molecule has 0 atom stereocenters. The van der Waals surface area contributed by atoms with Gasteiger partial charge in [-0.2, -0.15) is 0 Å². The Morgan fingerprint density at radius 3 is 2.52 bits per heavy atom. The number of aromatic nitrogens is 1. The van der Waals surface area contributed by atoms with Gasteiger partial charge in [0.05, 0.1) is 11.9 Å². The minimum Gasteiger partial charge on any atom is -0.505 e. The highest BCUT2D eigenvalue weighted by atomic mass is 35.5. The molecule has 150 valence electrons. The summed E-state index contributed by atoms with van der Waals surface area (Å²) in [5, 5.41) is 10.4. The summed E-state index contributed by atoms with van der Waals surface area (Å²) in [6.07, 6.45) is 2.41. The Bertz CT molecular complexity index is 1120. The molecule has 5 nitrogen and oxygen atoms in total. The van der Waals surface area contributed by atoms with Crippen LogP contribution in [-0.4, -0.2) is 27.7 Å². The second kappa shape index (κ2) is 7.52. The third-order valence-corrected chi connectivity index (χ3v) is 5.63. The lowest BCUT2D eigenvalue weighted by atomic mass is 9.96. The number of phenolic OH excluding ortho intramolecular Hbond substituents is 1. The highest BCUT2D eigenvalue weighted by Gasteiger charge is 2.27. The Morgan fingerprint density at radius 2 is 1.90 bits per heavy atom. The van der Waals surface area contributed by atoms with E-state index in [1.807, 2.05) is 0 Å². The van der Waals surface area contributed by atoms with Crippen molar-refractivity contribution in [2.75, 3.05) is 0 Å². The van der Waals surface area contributed by atoms with Crippen molar-refractivity contribution in [1.29, 1.82) is 0 Å². The second-order valence-electron chi connectivity index (χ2n) is 7.22. The summed E-state index contributed by atoms with van der Waals surface area (Å²) in [5.41, 5.74) is 1.41. The first-order chi connectivity index (χ1) is 13.9. The Kier molecular flexibility index (Phi) is 5.04. The van der Waals surface area contributed by atoms with Gasteiger partial charge in [0.1, 0.15) is 6.10 Å². The van der Waals surface area contributed by atoms with Gasteiger partial charge in [0.2, 0.25) is 0 Å². The van der Waals surface area contributed by atoms with Crippen LogP contribution in [0.25, 0.3) is 10.9 Å². The van der Waals surface area contributed by atoms with Crippen molar-refractivity contribution in [2.24, 2.45) is 0 Å². The molecule has 1 aliphatic carbocycles. The molecule has 7 heteroatoms. The van der Waals surface area contributed by atoms with Crippen LogP contribution in [0.4, 0.5) is 4.39 Å². The maximum atomic E-state index is 14.8. The zero-order chi connectivity index (χ0) is 20.7. The number of phenols is 1. The number of halogens is 2. The number of hydrogen-bond acceptors (Lipinski definition) is 4. The molecule has 1 aliphatic rings. The van der Waals surface area contributed by atoms with Crippen LogP contribution in [0, 0.1) is 12.7 Å². The van der Waals surface area contributed by atoms with Gasteiger partial charge >= 0.3 is 5.97 Å². The molecule has 0 spiro atoms. The van der Waals surface area contributed by atoms with E-state index in [2.05, 4.69) is 0 Å². The molecule has 1 heterocycles. The van der Waals surface area contributed by atoms with Crippen molar-refractivity contribution < 1.29 is 23.8 Å². The predicted octanol–water partition coefficient (Wildman–Crippen LogP) is 4.77. The first-order valence-electron chi connectivity index (χ1n) is 9.38. The van der Waals surface area contributed by atoms with E-state index in [1.165, 1.54) is 16.7 Å². The molecule has 0 saturated heterocycles. The summed E-state index contributed by atoms with van der Waals surface area (Å²) in [5.74, 6) is -2.26. The van der Waals surface area contributed by atoms with E-state index in [4.69, 9.17) is 16.3 Å². The monoisotopic (exact) mass is 415 g/mol. The Hall–Kier alpha value is -2.86. The molecule has 4 rings (SSSR count). The minimum atomic E-state index is -0.861. The molecule has 1 fully saturated rings. The van der Waals surface area contributed by atoms with Crippen molar-refractivity contribution in [3.05, 3.63) is 64.1 Å². The summed E-state index contributed by atoms with van der Waals surface area (Å²) in [7, 11) is 0. The molecular weight excluding hydrogens is 397 g/mol. The van der Waals surface area contributed by atoms with E-state index in [0.29, 0.717) is 21.8 Å². The molecule has 3 aromatic rings. The molecule has 1 aromatic heterocycles. The molecule has 1 N–H and O–H groups in total. The molecule has 0 unspecified atom stereocenters. The summed E-state index contributed by atoms with van der Waals surface area (Å²) >= 11 is 5.90. The number of hydrogen-bond donors (Lipinski definition) is 1. The van der Waals surface area contributed by atoms with E-state index >= 15 is 0 Å². The highest BCUT2D eigenvalue weighted by molar-refractivity contribution is 6.30. The fraction of sp³-hybridized carbons (Fsp3) is 0.273. The lowest BCUT2D eigenvalue weighted by Crippen LogP contribution is -2.26. The normalized spacial score (nSPS) is 14.0. The average Bonchev–Trinajstić information content (AvgIpc) is 2.94. The van der Waals surface area contributed by atoms with Crippen molar-refractivity contribution >= 4 is 34.4 Å². The Morgan fingerprint density at radius 1 is 1.21 bits per heavy atom. The van der Waals surface area contributed by atoms with E-state index in [-0.39, 0.29) is 29.3 Å². The summed E-state index contributed by atoms with van der Waals surface area (Å²) in [4.78, 5) is 25.5. The lowest BCUT2D eigenvalue weighted by molar-refractivity contribution is -0.152. The largest absolute Gasteiger partial charge is 0.505 e. The molecular formula is C22H19ClFNO4. The van der Waals surface area contributed by atoms with Crippen LogP contribution in [0.5, 0.6) is 5.75 Å². The van der Waals surface area contributed by atoms with Crippen LogP contribution in [0.2, 0.25) is 5.02 Å². The fourth-order valence-electron chi connectivity index (χ4n) is 3.58. The minimum absolute atomic E-state index is 0.0513. The SMILES string of the molecule is Cc1c(CC(=O)OC2CCC2)c2c(F)c(O)ccc2n1C(=O)c1ccc(Cl)cc1. The smallest absolute Gasteiger partial charge is 0.310 e. The van der Waals surface area contributed by atoms with Gasteiger partial charge in [0.15, 0.2) is 11.6 Å². The number of rotatable bonds is 4. The molecule has 0 aliphatic heterocycles.